The van der Waals surface area contributed by atoms with E-state index in [4.69, 9.17) is 9.47 Å². The number of hydrogen-bond donors (Lipinski definition) is 3. The maximum Gasteiger partial charge on any atom is 0.128 e. The minimum atomic E-state index is 0.190. The fraction of sp³-hybridized carbons (Fsp3) is 0.308. The van der Waals surface area contributed by atoms with Gasteiger partial charge in [-0.25, -0.2) is 0 Å². The summed E-state index contributed by atoms with van der Waals surface area (Å²) < 4.78 is 11.6. The Kier molecular flexibility index (Phi) is 7.20. The van der Waals surface area contributed by atoms with Crippen molar-refractivity contribution >= 4 is 0 Å². The molecule has 5 nitrogen and oxygen atoms in total. The summed E-state index contributed by atoms with van der Waals surface area (Å²) in [6.45, 7) is 1.72. The highest BCUT2D eigenvalue weighted by Crippen LogP contribution is 2.32. The van der Waals surface area contributed by atoms with E-state index in [0.29, 0.717) is 12.5 Å². The van der Waals surface area contributed by atoms with Gasteiger partial charge in [0, 0.05) is 37.3 Å². The van der Waals surface area contributed by atoms with E-state index in [0.717, 1.165) is 35.8 Å². The van der Waals surface area contributed by atoms with Crippen molar-refractivity contribution < 1.29 is 14.6 Å². The first-order valence-electron chi connectivity index (χ1n) is 10.8. The number of nitrogens with one attached hydrogen (secondary N) is 2. The molecular weight excluding hydrogens is 388 g/mol. The lowest BCUT2D eigenvalue weighted by molar-refractivity contribution is 0.243. The highest BCUT2D eigenvalue weighted by Gasteiger charge is 2.35. The van der Waals surface area contributed by atoms with E-state index < -0.39 is 0 Å². The van der Waals surface area contributed by atoms with Gasteiger partial charge in [-0.2, -0.15) is 0 Å². The highest BCUT2D eigenvalue weighted by atomic mass is 16.5. The topological polar surface area (TPSA) is 62.8 Å². The second kappa shape index (κ2) is 10.4. The molecule has 1 aliphatic rings. The van der Waals surface area contributed by atoms with Crippen molar-refractivity contribution in [2.45, 2.75) is 25.0 Å². The molecule has 4 rings (SSSR count). The Hall–Kier alpha value is -2.86. The minimum Gasteiger partial charge on any atom is -0.496 e. The molecule has 1 saturated heterocycles. The van der Waals surface area contributed by atoms with E-state index in [-0.39, 0.29) is 18.7 Å². The van der Waals surface area contributed by atoms with Gasteiger partial charge < -0.3 is 25.2 Å². The molecule has 0 aliphatic carbocycles. The van der Waals surface area contributed by atoms with Gasteiger partial charge in [-0.1, -0.05) is 48.5 Å². The molecule has 0 aromatic heterocycles. The van der Waals surface area contributed by atoms with Crippen molar-refractivity contribution in [1.82, 2.24) is 10.6 Å². The van der Waals surface area contributed by atoms with E-state index in [2.05, 4.69) is 34.9 Å². The Morgan fingerprint density at radius 1 is 0.968 bits per heavy atom. The van der Waals surface area contributed by atoms with Gasteiger partial charge in [0.15, 0.2) is 0 Å². The van der Waals surface area contributed by atoms with Gasteiger partial charge in [-0.3, -0.25) is 0 Å². The molecule has 1 heterocycles. The summed E-state index contributed by atoms with van der Waals surface area (Å²) in [6, 6.07) is 26.6. The zero-order valence-corrected chi connectivity index (χ0v) is 17.8. The third-order valence-corrected chi connectivity index (χ3v) is 5.88. The summed E-state index contributed by atoms with van der Waals surface area (Å²) in [5.74, 6) is 2.76. The van der Waals surface area contributed by atoms with E-state index in [1.807, 2.05) is 54.6 Å². The van der Waals surface area contributed by atoms with Crippen LogP contribution in [0.4, 0.5) is 0 Å². The Morgan fingerprint density at radius 2 is 1.71 bits per heavy atom. The predicted molar refractivity (Wildman–Crippen MR) is 123 cm³/mol. The molecule has 3 unspecified atom stereocenters. The predicted octanol–water partition coefficient (Wildman–Crippen LogP) is 4.29. The van der Waals surface area contributed by atoms with Crippen LogP contribution < -0.4 is 20.1 Å². The van der Waals surface area contributed by atoms with E-state index in [9.17, 15) is 5.11 Å². The minimum absolute atomic E-state index is 0.190. The summed E-state index contributed by atoms with van der Waals surface area (Å²) in [6.07, 6.45) is 0.766. The van der Waals surface area contributed by atoms with Crippen LogP contribution in [0.1, 0.15) is 23.6 Å². The van der Waals surface area contributed by atoms with Crippen LogP contribution in [0.25, 0.3) is 0 Å². The molecule has 0 amide bonds. The number of aliphatic hydroxyl groups excluding tert-OH is 1. The average molecular weight is 419 g/mol. The molecule has 5 heteroatoms. The number of methoxy groups -OCH3 is 1. The zero-order valence-electron chi connectivity index (χ0n) is 17.8. The van der Waals surface area contributed by atoms with Crippen LogP contribution in [0, 0.1) is 5.92 Å². The molecule has 0 spiro atoms. The fourth-order valence-corrected chi connectivity index (χ4v) is 4.33. The quantitative estimate of drug-likeness (QED) is 0.484. The van der Waals surface area contributed by atoms with Gasteiger partial charge >= 0.3 is 0 Å². The SMILES string of the molecule is COc1ccc(Oc2ccccc2)cc1CNC1C(CCO)CNC1c1ccccc1. The Balaban J connectivity index is 1.52. The van der Waals surface area contributed by atoms with Crippen LogP contribution in [0.3, 0.4) is 0 Å². The van der Waals surface area contributed by atoms with Gasteiger partial charge in [0.2, 0.25) is 0 Å². The lowest BCUT2D eigenvalue weighted by Gasteiger charge is -2.26. The van der Waals surface area contributed by atoms with Crippen molar-refractivity contribution in [2.24, 2.45) is 5.92 Å². The normalized spacial score (nSPS) is 20.5. The van der Waals surface area contributed by atoms with E-state index >= 15 is 0 Å². The molecule has 3 aromatic rings. The van der Waals surface area contributed by atoms with Gasteiger partial charge in [-0.15, -0.1) is 0 Å². The second-order valence-corrected chi connectivity index (χ2v) is 7.86. The number of aliphatic hydroxyl groups is 1. The molecule has 0 saturated carbocycles. The van der Waals surface area contributed by atoms with Crippen LogP contribution in [0.15, 0.2) is 78.9 Å². The van der Waals surface area contributed by atoms with Crippen LogP contribution in [0.2, 0.25) is 0 Å². The van der Waals surface area contributed by atoms with Crippen LogP contribution in [0.5, 0.6) is 17.2 Å². The number of para-hydroxylation sites is 1. The number of rotatable bonds is 9. The van der Waals surface area contributed by atoms with Crippen molar-refractivity contribution in [3.05, 3.63) is 90.0 Å². The molecule has 3 atom stereocenters. The van der Waals surface area contributed by atoms with Gasteiger partial charge in [0.05, 0.1) is 7.11 Å². The number of hydrogen-bond acceptors (Lipinski definition) is 5. The maximum absolute atomic E-state index is 9.55. The average Bonchev–Trinajstić information content (AvgIpc) is 3.22. The molecule has 1 fully saturated rings. The van der Waals surface area contributed by atoms with Crippen molar-refractivity contribution in [2.75, 3.05) is 20.3 Å². The zero-order chi connectivity index (χ0) is 21.5. The fourth-order valence-electron chi connectivity index (χ4n) is 4.33. The lowest BCUT2D eigenvalue weighted by atomic mass is 9.91. The first-order chi connectivity index (χ1) is 15.3. The highest BCUT2D eigenvalue weighted by molar-refractivity contribution is 5.42. The van der Waals surface area contributed by atoms with Gasteiger partial charge in [0.25, 0.3) is 0 Å². The first kappa shape index (κ1) is 21.4. The largest absolute Gasteiger partial charge is 0.496 e. The Morgan fingerprint density at radius 3 is 2.42 bits per heavy atom. The summed E-state index contributed by atoms with van der Waals surface area (Å²) in [5.41, 5.74) is 2.30. The second-order valence-electron chi connectivity index (χ2n) is 7.86. The molecule has 31 heavy (non-hydrogen) atoms. The van der Waals surface area contributed by atoms with Crippen molar-refractivity contribution in [3.8, 4) is 17.2 Å². The maximum atomic E-state index is 9.55. The van der Waals surface area contributed by atoms with Gasteiger partial charge in [-0.05, 0) is 48.2 Å². The third-order valence-electron chi connectivity index (χ3n) is 5.88. The summed E-state index contributed by atoms with van der Waals surface area (Å²) in [4.78, 5) is 0. The van der Waals surface area contributed by atoms with E-state index in [1.54, 1.807) is 7.11 Å². The van der Waals surface area contributed by atoms with Crippen LogP contribution in [-0.4, -0.2) is 31.4 Å². The molecule has 0 radical (unpaired) electrons. The standard InChI is InChI=1S/C26H30N2O3/c1-30-24-13-12-23(31-22-10-6-3-7-11-22)16-21(24)18-28-26-20(14-15-29)17-27-25(26)19-8-4-2-5-9-19/h2-13,16,20,25-29H,14-15,17-18H2,1H3. The summed E-state index contributed by atoms with van der Waals surface area (Å²) in [7, 11) is 1.69. The number of ether oxygens (including phenoxy) is 2. The molecule has 1 aliphatic heterocycles. The smallest absolute Gasteiger partial charge is 0.128 e. The van der Waals surface area contributed by atoms with Gasteiger partial charge in [0.1, 0.15) is 17.2 Å². The van der Waals surface area contributed by atoms with Crippen molar-refractivity contribution in [1.29, 1.82) is 0 Å². The third kappa shape index (κ3) is 5.25. The monoisotopic (exact) mass is 418 g/mol. The molecular formula is C26H30N2O3. The molecule has 162 valence electrons. The Labute approximate surface area is 184 Å². The molecule has 3 N–H and O–H groups in total. The van der Waals surface area contributed by atoms with Crippen LogP contribution >= 0.6 is 0 Å². The van der Waals surface area contributed by atoms with Crippen LogP contribution in [-0.2, 0) is 6.54 Å². The summed E-state index contributed by atoms with van der Waals surface area (Å²) in [5, 5.41) is 16.9. The Bertz CT molecular complexity index is 949. The number of benzene rings is 3. The lowest BCUT2D eigenvalue weighted by Crippen LogP contribution is -2.38. The molecule has 3 aromatic carbocycles. The van der Waals surface area contributed by atoms with Crippen molar-refractivity contribution in [3.63, 3.8) is 0 Å². The first-order valence-corrected chi connectivity index (χ1v) is 10.8. The van der Waals surface area contributed by atoms with E-state index in [1.165, 1.54) is 5.56 Å². The molecule has 0 bridgehead atoms. The summed E-state index contributed by atoms with van der Waals surface area (Å²) >= 11 is 0.